The van der Waals surface area contributed by atoms with Crippen LogP contribution >= 0.6 is 11.6 Å². The maximum Gasteiger partial charge on any atom is 0.239 e. The normalized spacial score (nSPS) is 10.1. The summed E-state index contributed by atoms with van der Waals surface area (Å²) >= 11 is 6.08. The Morgan fingerprint density at radius 2 is 2.09 bits per heavy atom. The zero-order chi connectivity index (χ0) is 15.8. The van der Waals surface area contributed by atoms with E-state index in [0.29, 0.717) is 29.7 Å². The van der Waals surface area contributed by atoms with Crippen molar-refractivity contribution in [2.24, 2.45) is 0 Å². The molecule has 5 nitrogen and oxygen atoms in total. The highest BCUT2D eigenvalue weighted by atomic mass is 35.5. The molecule has 0 aliphatic carbocycles. The molecule has 0 aliphatic heterocycles. The summed E-state index contributed by atoms with van der Waals surface area (Å²) < 4.78 is 5.71. The maximum atomic E-state index is 11.4. The van der Waals surface area contributed by atoms with Crippen LogP contribution in [0.25, 0.3) is 0 Å². The number of aromatic nitrogens is 1. The molecule has 22 heavy (non-hydrogen) atoms. The number of hydrogen-bond donors (Lipinski definition) is 2. The maximum absolute atomic E-state index is 11.4. The van der Waals surface area contributed by atoms with Crippen LogP contribution in [0.1, 0.15) is 12.5 Å². The van der Waals surface area contributed by atoms with E-state index in [9.17, 15) is 4.79 Å². The first-order chi connectivity index (χ1) is 10.7. The molecule has 0 atom stereocenters. The molecule has 2 aromatic rings. The predicted molar refractivity (Wildman–Crippen MR) is 87.2 cm³/mol. The summed E-state index contributed by atoms with van der Waals surface area (Å²) in [7, 11) is 0. The van der Waals surface area contributed by atoms with Gasteiger partial charge in [-0.25, -0.2) is 4.98 Å². The molecule has 0 aliphatic rings. The molecule has 0 bridgehead atoms. The van der Waals surface area contributed by atoms with Crippen molar-refractivity contribution in [2.45, 2.75) is 13.5 Å². The van der Waals surface area contributed by atoms with E-state index in [-0.39, 0.29) is 12.5 Å². The molecule has 0 fully saturated rings. The van der Waals surface area contributed by atoms with E-state index in [4.69, 9.17) is 16.3 Å². The van der Waals surface area contributed by atoms with Gasteiger partial charge in [-0.15, -0.1) is 0 Å². The van der Waals surface area contributed by atoms with Crippen LogP contribution in [0.3, 0.4) is 0 Å². The number of nitrogens with zero attached hydrogens (tertiary/aromatic N) is 1. The van der Waals surface area contributed by atoms with E-state index < -0.39 is 0 Å². The van der Waals surface area contributed by atoms with Gasteiger partial charge in [0.1, 0.15) is 23.2 Å². The van der Waals surface area contributed by atoms with Crippen molar-refractivity contribution in [1.29, 1.82) is 0 Å². The van der Waals surface area contributed by atoms with Crippen LogP contribution < -0.4 is 15.4 Å². The van der Waals surface area contributed by atoms with Crippen molar-refractivity contribution < 1.29 is 9.53 Å². The molecule has 0 unspecified atom stereocenters. The first-order valence-corrected chi connectivity index (χ1v) is 7.39. The predicted octanol–water partition coefficient (Wildman–Crippen LogP) is 2.86. The zero-order valence-corrected chi connectivity index (χ0v) is 13.1. The summed E-state index contributed by atoms with van der Waals surface area (Å²) in [5.41, 5.74) is 1.05. The fraction of sp³-hybridized carbons (Fsp3) is 0.250. The molecule has 0 radical (unpaired) electrons. The second kappa shape index (κ2) is 8.24. The van der Waals surface area contributed by atoms with Crippen LogP contribution in [-0.2, 0) is 11.4 Å². The van der Waals surface area contributed by atoms with Gasteiger partial charge in [0.25, 0.3) is 0 Å². The van der Waals surface area contributed by atoms with E-state index in [1.165, 1.54) is 6.20 Å². The molecule has 116 valence electrons. The Labute approximate surface area is 134 Å². The van der Waals surface area contributed by atoms with Crippen LogP contribution in [-0.4, -0.2) is 24.0 Å². The van der Waals surface area contributed by atoms with Crippen LogP contribution in [0.5, 0.6) is 5.75 Å². The second-order valence-electron chi connectivity index (χ2n) is 4.58. The van der Waals surface area contributed by atoms with Crippen molar-refractivity contribution in [2.75, 3.05) is 18.4 Å². The average Bonchev–Trinajstić information content (AvgIpc) is 2.54. The number of carbonyl (C=O) groups excluding carboxylic acids is 1. The van der Waals surface area contributed by atoms with Gasteiger partial charge in [-0.05, 0) is 12.5 Å². The third-order valence-corrected chi connectivity index (χ3v) is 3.15. The van der Waals surface area contributed by atoms with Gasteiger partial charge in [0.05, 0.1) is 12.7 Å². The van der Waals surface area contributed by atoms with Gasteiger partial charge in [-0.3, -0.25) is 4.79 Å². The van der Waals surface area contributed by atoms with E-state index in [2.05, 4.69) is 15.6 Å². The van der Waals surface area contributed by atoms with Crippen molar-refractivity contribution >= 4 is 23.3 Å². The smallest absolute Gasteiger partial charge is 0.239 e. The Morgan fingerprint density at radius 3 is 2.82 bits per heavy atom. The lowest BCUT2D eigenvalue weighted by molar-refractivity contribution is -0.119. The number of rotatable bonds is 7. The minimum Gasteiger partial charge on any atom is -0.487 e. The molecule has 6 heteroatoms. The lowest BCUT2D eigenvalue weighted by Crippen LogP contribution is -2.29. The Balaban J connectivity index is 1.96. The molecule has 1 aromatic heterocycles. The third kappa shape index (κ3) is 4.93. The molecule has 2 rings (SSSR count). The summed E-state index contributed by atoms with van der Waals surface area (Å²) in [5, 5.41) is 6.07. The molecule has 1 heterocycles. The molecule has 0 saturated carbocycles. The summed E-state index contributed by atoms with van der Waals surface area (Å²) in [6.45, 7) is 3.04. The Bertz CT molecular complexity index is 620. The number of halogens is 1. The molecular formula is C16H18ClN3O2. The number of carbonyl (C=O) groups is 1. The van der Waals surface area contributed by atoms with Crippen molar-refractivity contribution in [1.82, 2.24) is 10.3 Å². The fourth-order valence-electron chi connectivity index (χ4n) is 1.79. The summed E-state index contributed by atoms with van der Waals surface area (Å²) in [4.78, 5) is 15.5. The first kappa shape index (κ1) is 16.1. The number of hydrogen-bond acceptors (Lipinski definition) is 4. The average molecular weight is 320 g/mol. The van der Waals surface area contributed by atoms with E-state index in [1.54, 1.807) is 6.07 Å². The summed E-state index contributed by atoms with van der Waals surface area (Å²) in [6.07, 6.45) is 1.50. The van der Waals surface area contributed by atoms with Gasteiger partial charge in [0.15, 0.2) is 0 Å². The molecule has 2 N–H and O–H groups in total. The Morgan fingerprint density at radius 1 is 1.32 bits per heavy atom. The minimum atomic E-state index is -0.0917. The fourth-order valence-corrected chi connectivity index (χ4v) is 1.95. The number of ether oxygens (including phenoxy) is 1. The SMILES string of the molecule is CCNC(=O)CNc1cc(OCc2ccccc2)c(Cl)cn1. The van der Waals surface area contributed by atoms with Crippen molar-refractivity contribution in [3.05, 3.63) is 53.2 Å². The highest BCUT2D eigenvalue weighted by Crippen LogP contribution is 2.26. The molecule has 0 spiro atoms. The molecular weight excluding hydrogens is 302 g/mol. The van der Waals surface area contributed by atoms with E-state index in [1.807, 2.05) is 37.3 Å². The number of benzene rings is 1. The van der Waals surface area contributed by atoms with E-state index >= 15 is 0 Å². The van der Waals surface area contributed by atoms with Crippen molar-refractivity contribution in [3.8, 4) is 5.75 Å². The zero-order valence-electron chi connectivity index (χ0n) is 12.3. The number of pyridine rings is 1. The van der Waals surface area contributed by atoms with Gasteiger partial charge >= 0.3 is 0 Å². The molecule has 0 saturated heterocycles. The third-order valence-electron chi connectivity index (χ3n) is 2.86. The van der Waals surface area contributed by atoms with Crippen LogP contribution in [0, 0.1) is 0 Å². The molecule has 1 aromatic carbocycles. The largest absolute Gasteiger partial charge is 0.487 e. The monoisotopic (exact) mass is 319 g/mol. The first-order valence-electron chi connectivity index (χ1n) is 7.02. The highest BCUT2D eigenvalue weighted by molar-refractivity contribution is 6.31. The Kier molecular flexibility index (Phi) is 6.03. The van der Waals surface area contributed by atoms with Gasteiger partial charge in [0, 0.05) is 12.6 Å². The topological polar surface area (TPSA) is 63.2 Å². The lowest BCUT2D eigenvalue weighted by atomic mass is 10.2. The highest BCUT2D eigenvalue weighted by Gasteiger charge is 2.06. The van der Waals surface area contributed by atoms with Crippen LogP contribution in [0.4, 0.5) is 5.82 Å². The van der Waals surface area contributed by atoms with Crippen molar-refractivity contribution in [3.63, 3.8) is 0 Å². The van der Waals surface area contributed by atoms with Crippen LogP contribution in [0.2, 0.25) is 5.02 Å². The van der Waals surface area contributed by atoms with Gasteiger partial charge < -0.3 is 15.4 Å². The summed E-state index contributed by atoms with van der Waals surface area (Å²) in [6, 6.07) is 11.5. The van der Waals surface area contributed by atoms with Gasteiger partial charge in [-0.1, -0.05) is 41.9 Å². The quantitative estimate of drug-likeness (QED) is 0.823. The van der Waals surface area contributed by atoms with E-state index in [0.717, 1.165) is 5.56 Å². The second-order valence-corrected chi connectivity index (χ2v) is 4.99. The van der Waals surface area contributed by atoms with Gasteiger partial charge in [-0.2, -0.15) is 0 Å². The van der Waals surface area contributed by atoms with Crippen LogP contribution in [0.15, 0.2) is 42.6 Å². The lowest BCUT2D eigenvalue weighted by Gasteiger charge is -2.11. The summed E-state index contributed by atoms with van der Waals surface area (Å²) in [5.74, 6) is 0.976. The Hall–Kier alpha value is -2.27. The standard InChI is InChI=1S/C16H18ClN3O2/c1-2-18-16(21)10-20-15-8-14(13(17)9-19-15)22-11-12-6-4-3-5-7-12/h3-9H,2,10-11H2,1H3,(H,18,21)(H,19,20). The molecule has 1 amide bonds. The van der Waals surface area contributed by atoms with Gasteiger partial charge in [0.2, 0.25) is 5.91 Å². The number of anilines is 1. The minimum absolute atomic E-state index is 0.0917. The number of nitrogens with one attached hydrogen (secondary N) is 2. The number of amides is 1. The number of likely N-dealkylation sites (N-methyl/N-ethyl adjacent to an activating group) is 1.